The molecule has 9 heteroatoms. The minimum Gasteiger partial charge on any atom is -0.379 e. The summed E-state index contributed by atoms with van der Waals surface area (Å²) in [5.41, 5.74) is -1.19. The lowest BCUT2D eigenvalue weighted by molar-refractivity contribution is -0.137. The van der Waals surface area contributed by atoms with Crippen molar-refractivity contribution in [3.8, 4) is 5.69 Å². The Labute approximate surface area is 146 Å². The van der Waals surface area contributed by atoms with Crippen LogP contribution in [0.4, 0.5) is 18.9 Å². The van der Waals surface area contributed by atoms with Crippen molar-refractivity contribution < 1.29 is 13.2 Å². The molecule has 0 fully saturated rings. The lowest BCUT2D eigenvalue weighted by atomic mass is 10.2. The van der Waals surface area contributed by atoms with E-state index in [-0.39, 0.29) is 16.8 Å². The normalized spacial score (nSPS) is 12.9. The van der Waals surface area contributed by atoms with Gasteiger partial charge in [0.1, 0.15) is 5.02 Å². The van der Waals surface area contributed by atoms with Gasteiger partial charge in [-0.15, -0.1) is 0 Å². The largest absolute Gasteiger partial charge is 0.416 e. The Morgan fingerprint density at radius 2 is 2.12 bits per heavy atom. The van der Waals surface area contributed by atoms with Gasteiger partial charge in [-0.2, -0.15) is 34.7 Å². The first-order valence-electron chi connectivity index (χ1n) is 6.95. The number of aromatic nitrogens is 2. The minimum atomic E-state index is -4.50. The van der Waals surface area contributed by atoms with Crippen molar-refractivity contribution in [1.29, 1.82) is 0 Å². The Morgan fingerprint density at radius 1 is 1.42 bits per heavy atom. The summed E-state index contributed by atoms with van der Waals surface area (Å²) in [4.78, 5) is 12.3. The van der Waals surface area contributed by atoms with Crippen LogP contribution in [0.2, 0.25) is 5.02 Å². The maximum atomic E-state index is 12.8. The molecule has 0 saturated carbocycles. The van der Waals surface area contributed by atoms with E-state index in [0.29, 0.717) is 5.69 Å². The molecule has 1 N–H and O–H groups in total. The summed E-state index contributed by atoms with van der Waals surface area (Å²) < 4.78 is 39.2. The molecule has 4 nitrogen and oxygen atoms in total. The van der Waals surface area contributed by atoms with Crippen LogP contribution in [-0.2, 0) is 6.18 Å². The Balaban J connectivity index is 2.40. The molecule has 1 atom stereocenters. The van der Waals surface area contributed by atoms with Gasteiger partial charge in [-0.1, -0.05) is 17.7 Å². The van der Waals surface area contributed by atoms with Crippen LogP contribution in [0.1, 0.15) is 12.5 Å². The molecular weight excluding hydrogens is 363 g/mol. The van der Waals surface area contributed by atoms with Crippen molar-refractivity contribution in [3.05, 3.63) is 51.4 Å². The third-order valence-electron chi connectivity index (χ3n) is 3.16. The number of thioether (sulfide) groups is 1. The summed E-state index contributed by atoms with van der Waals surface area (Å²) in [6.45, 7) is 1.92. The van der Waals surface area contributed by atoms with E-state index in [1.54, 1.807) is 11.8 Å². The van der Waals surface area contributed by atoms with Crippen LogP contribution in [0.15, 0.2) is 35.3 Å². The van der Waals surface area contributed by atoms with E-state index in [9.17, 15) is 18.0 Å². The molecule has 2 aromatic rings. The summed E-state index contributed by atoms with van der Waals surface area (Å²) in [5, 5.41) is 6.87. The fourth-order valence-corrected chi connectivity index (χ4v) is 2.86. The highest BCUT2D eigenvalue weighted by Gasteiger charge is 2.30. The molecule has 1 aromatic heterocycles. The van der Waals surface area contributed by atoms with E-state index in [4.69, 9.17) is 11.6 Å². The maximum absolute atomic E-state index is 12.8. The van der Waals surface area contributed by atoms with Crippen molar-refractivity contribution in [3.63, 3.8) is 0 Å². The molecule has 0 spiro atoms. The van der Waals surface area contributed by atoms with E-state index in [1.807, 2.05) is 13.2 Å². The van der Waals surface area contributed by atoms with Gasteiger partial charge >= 0.3 is 6.18 Å². The highest BCUT2D eigenvalue weighted by atomic mass is 35.5. The summed E-state index contributed by atoms with van der Waals surface area (Å²) in [5.74, 6) is 0.799. The van der Waals surface area contributed by atoms with E-state index in [2.05, 4.69) is 10.4 Å². The first kappa shape index (κ1) is 18.7. The molecule has 1 unspecified atom stereocenters. The molecule has 0 radical (unpaired) electrons. The van der Waals surface area contributed by atoms with Crippen molar-refractivity contribution in [2.45, 2.75) is 19.1 Å². The molecule has 0 aliphatic carbocycles. The van der Waals surface area contributed by atoms with Crippen LogP contribution in [0.5, 0.6) is 0 Å². The molecule has 1 aromatic carbocycles. The third kappa shape index (κ3) is 4.24. The van der Waals surface area contributed by atoms with E-state index in [1.165, 1.54) is 18.3 Å². The van der Waals surface area contributed by atoms with Crippen LogP contribution >= 0.6 is 23.4 Å². The average Bonchev–Trinajstić information content (AvgIpc) is 2.51. The van der Waals surface area contributed by atoms with E-state index >= 15 is 0 Å². The predicted octanol–water partition coefficient (Wildman–Crippen LogP) is 4.07. The number of rotatable bonds is 5. The second-order valence-corrected chi connectivity index (χ2v) is 6.43. The molecule has 24 heavy (non-hydrogen) atoms. The minimum absolute atomic E-state index is 0.000405. The highest BCUT2D eigenvalue weighted by molar-refractivity contribution is 7.98. The molecule has 0 saturated heterocycles. The van der Waals surface area contributed by atoms with Gasteiger partial charge in [0.05, 0.1) is 23.1 Å². The molecule has 2 rings (SSSR count). The zero-order valence-electron chi connectivity index (χ0n) is 12.9. The number of anilines is 1. The van der Waals surface area contributed by atoms with E-state index in [0.717, 1.165) is 22.6 Å². The quantitative estimate of drug-likeness (QED) is 0.853. The number of hydrogen-bond donors (Lipinski definition) is 1. The van der Waals surface area contributed by atoms with Crippen molar-refractivity contribution in [2.24, 2.45) is 0 Å². The number of nitrogens with one attached hydrogen (secondary N) is 1. The van der Waals surface area contributed by atoms with Crippen LogP contribution < -0.4 is 10.9 Å². The van der Waals surface area contributed by atoms with Gasteiger partial charge in [-0.25, -0.2) is 0 Å². The van der Waals surface area contributed by atoms with Gasteiger partial charge in [-0.3, -0.25) is 4.79 Å². The zero-order chi connectivity index (χ0) is 17.9. The van der Waals surface area contributed by atoms with Crippen LogP contribution in [0.25, 0.3) is 5.69 Å². The molecule has 0 amide bonds. The fourth-order valence-electron chi connectivity index (χ4n) is 2.09. The third-order valence-corrected chi connectivity index (χ3v) is 4.35. The highest BCUT2D eigenvalue weighted by Crippen LogP contribution is 2.30. The van der Waals surface area contributed by atoms with E-state index < -0.39 is 17.3 Å². The summed E-state index contributed by atoms with van der Waals surface area (Å²) >= 11 is 7.68. The van der Waals surface area contributed by atoms with Gasteiger partial charge in [0.25, 0.3) is 5.56 Å². The zero-order valence-corrected chi connectivity index (χ0v) is 14.5. The van der Waals surface area contributed by atoms with Crippen molar-refractivity contribution in [1.82, 2.24) is 9.78 Å². The molecule has 0 aliphatic heterocycles. The second-order valence-electron chi connectivity index (χ2n) is 5.14. The Kier molecular flexibility index (Phi) is 5.82. The number of benzene rings is 1. The fraction of sp³-hybridized carbons (Fsp3) is 0.333. The lowest BCUT2D eigenvalue weighted by Gasteiger charge is -2.15. The van der Waals surface area contributed by atoms with Gasteiger partial charge in [0.15, 0.2) is 0 Å². The Morgan fingerprint density at radius 3 is 2.75 bits per heavy atom. The number of alkyl halides is 3. The number of hydrogen-bond acceptors (Lipinski definition) is 4. The summed E-state index contributed by atoms with van der Waals surface area (Å²) in [7, 11) is 0. The number of nitrogens with zero attached hydrogens (tertiary/aromatic N) is 2. The molecule has 130 valence electrons. The molecule has 0 bridgehead atoms. The Bertz CT molecular complexity index is 779. The van der Waals surface area contributed by atoms with Gasteiger partial charge < -0.3 is 5.32 Å². The van der Waals surface area contributed by atoms with Gasteiger partial charge in [0, 0.05) is 11.8 Å². The summed E-state index contributed by atoms with van der Waals surface area (Å²) in [6.07, 6.45) is -1.22. The molecular formula is C15H15ClF3N3OS. The first-order valence-corrected chi connectivity index (χ1v) is 8.72. The molecule has 1 heterocycles. The van der Waals surface area contributed by atoms with Crippen LogP contribution in [0, 0.1) is 0 Å². The maximum Gasteiger partial charge on any atom is 0.416 e. The lowest BCUT2D eigenvalue weighted by Crippen LogP contribution is -2.25. The molecule has 0 aliphatic rings. The van der Waals surface area contributed by atoms with Crippen LogP contribution in [0.3, 0.4) is 0 Å². The predicted molar refractivity (Wildman–Crippen MR) is 91.3 cm³/mol. The van der Waals surface area contributed by atoms with Crippen molar-refractivity contribution >= 4 is 29.1 Å². The monoisotopic (exact) mass is 377 g/mol. The SMILES string of the molecule is CSCC(C)Nc1cnn(-c2cccc(C(F)(F)F)c2)c(=O)c1Cl. The standard InChI is InChI=1S/C15H15ClF3N3OS/c1-9(8-24-2)21-12-7-20-22(14(23)13(12)16)11-5-3-4-10(6-11)15(17,18)19/h3-7,9,21H,8H2,1-2H3. The average molecular weight is 378 g/mol. The number of halogens is 4. The Hall–Kier alpha value is -1.67. The van der Waals surface area contributed by atoms with Crippen LogP contribution in [-0.4, -0.2) is 27.8 Å². The topological polar surface area (TPSA) is 46.9 Å². The first-order chi connectivity index (χ1) is 11.2. The summed E-state index contributed by atoms with van der Waals surface area (Å²) in [6, 6.07) is 4.42. The smallest absolute Gasteiger partial charge is 0.379 e. The van der Waals surface area contributed by atoms with Gasteiger partial charge in [0.2, 0.25) is 0 Å². The second kappa shape index (κ2) is 7.48. The van der Waals surface area contributed by atoms with Gasteiger partial charge in [-0.05, 0) is 31.4 Å². The van der Waals surface area contributed by atoms with Crippen molar-refractivity contribution in [2.75, 3.05) is 17.3 Å².